The minimum Gasteiger partial charge on any atom is -0.280 e. The van der Waals surface area contributed by atoms with Crippen molar-refractivity contribution in [2.24, 2.45) is 0 Å². The molecule has 11 heteroatoms. The van der Waals surface area contributed by atoms with Gasteiger partial charge in [-0.1, -0.05) is 35.3 Å². The van der Waals surface area contributed by atoms with Gasteiger partial charge < -0.3 is 0 Å². The molecular weight excluding hydrogens is 505 g/mol. The number of rotatable bonds is 5. The zero-order valence-corrected chi connectivity index (χ0v) is 20.9. The minimum absolute atomic E-state index is 0.0517. The second-order valence-electron chi connectivity index (χ2n) is 7.46. The fourth-order valence-electron chi connectivity index (χ4n) is 3.60. The summed E-state index contributed by atoms with van der Waals surface area (Å²) in [4.78, 5) is 4.47. The number of hydrogen-bond donors (Lipinski definition) is 1. The van der Waals surface area contributed by atoms with E-state index < -0.39 is 20.0 Å². The number of aryl methyl sites for hydroxylation is 1. The first-order valence-corrected chi connectivity index (χ1v) is 13.4. The van der Waals surface area contributed by atoms with Gasteiger partial charge in [-0.15, -0.1) is 0 Å². The fourth-order valence-corrected chi connectivity index (χ4v) is 7.13. The normalized spacial score (nSPS) is 12.3. The summed E-state index contributed by atoms with van der Waals surface area (Å²) in [6.07, 6.45) is 0. The van der Waals surface area contributed by atoms with Crippen LogP contribution in [0.25, 0.3) is 11.0 Å². The van der Waals surface area contributed by atoms with Gasteiger partial charge in [-0.3, -0.25) is 4.72 Å². The van der Waals surface area contributed by atoms with Crippen LogP contribution in [-0.4, -0.2) is 25.8 Å². The smallest absolute Gasteiger partial charge is 0.270 e. The fraction of sp³-hybridized carbons (Fsp3) is 0.136. The molecule has 0 aliphatic heterocycles. The Bertz CT molecular complexity index is 1630. The highest BCUT2D eigenvalue weighted by molar-refractivity contribution is 7.92. The molecule has 0 amide bonds. The molecule has 3 aromatic carbocycles. The SMILES string of the molecule is Cc1c(Cl)cccc1S(=O)(=O)Nc1ccc2c(c1)nc(C)n2S(=O)(=O)c1cccc(Cl)c1C. The van der Waals surface area contributed by atoms with E-state index in [1.165, 1.54) is 30.3 Å². The first-order valence-electron chi connectivity index (χ1n) is 9.71. The summed E-state index contributed by atoms with van der Waals surface area (Å²) in [7, 11) is -7.91. The van der Waals surface area contributed by atoms with E-state index in [1.54, 1.807) is 45.0 Å². The van der Waals surface area contributed by atoms with Gasteiger partial charge in [0, 0.05) is 10.0 Å². The number of nitrogens with zero attached hydrogens (tertiary/aromatic N) is 2. The van der Waals surface area contributed by atoms with Crippen molar-refractivity contribution in [1.29, 1.82) is 0 Å². The molecule has 33 heavy (non-hydrogen) atoms. The van der Waals surface area contributed by atoms with Crippen LogP contribution >= 0.6 is 23.2 Å². The number of imidazole rings is 1. The molecule has 7 nitrogen and oxygen atoms in total. The lowest BCUT2D eigenvalue weighted by atomic mass is 10.2. The standard InChI is InChI=1S/C22H19Cl2N3O4S2/c1-13-17(23)6-4-8-21(13)32(28,29)26-16-10-11-20-19(12-16)25-15(3)27(20)33(30,31)22-9-5-7-18(24)14(22)2/h4-12,26H,1-3H3. The highest BCUT2D eigenvalue weighted by Gasteiger charge is 2.26. The number of nitrogens with one attached hydrogen (secondary N) is 1. The van der Waals surface area contributed by atoms with Crippen LogP contribution in [0.1, 0.15) is 17.0 Å². The quantitative estimate of drug-likeness (QED) is 0.382. The summed E-state index contributed by atoms with van der Waals surface area (Å²) in [6.45, 7) is 4.82. The van der Waals surface area contributed by atoms with Gasteiger partial charge in [0.1, 0.15) is 5.82 Å². The molecule has 0 atom stereocenters. The molecule has 0 unspecified atom stereocenters. The van der Waals surface area contributed by atoms with E-state index in [1.807, 2.05) is 0 Å². The molecule has 172 valence electrons. The maximum Gasteiger partial charge on any atom is 0.270 e. The van der Waals surface area contributed by atoms with Crippen LogP contribution in [0.3, 0.4) is 0 Å². The second kappa shape index (κ2) is 8.32. The molecule has 0 aliphatic carbocycles. The van der Waals surface area contributed by atoms with Gasteiger partial charge in [0.2, 0.25) is 0 Å². The molecule has 0 bridgehead atoms. The van der Waals surface area contributed by atoms with Crippen LogP contribution in [-0.2, 0) is 20.0 Å². The second-order valence-corrected chi connectivity index (χ2v) is 11.7. The monoisotopic (exact) mass is 523 g/mol. The molecule has 1 heterocycles. The minimum atomic E-state index is -3.99. The van der Waals surface area contributed by atoms with Gasteiger partial charge in [0.15, 0.2) is 0 Å². The Hall–Kier alpha value is -2.59. The van der Waals surface area contributed by atoms with E-state index in [2.05, 4.69) is 9.71 Å². The summed E-state index contributed by atoms with van der Waals surface area (Å²) in [5.41, 5.74) is 1.73. The summed E-state index contributed by atoms with van der Waals surface area (Å²) in [5, 5.41) is 0.676. The molecule has 0 spiro atoms. The maximum atomic E-state index is 13.4. The number of halogens is 2. The van der Waals surface area contributed by atoms with Gasteiger partial charge in [-0.2, -0.15) is 0 Å². The van der Waals surface area contributed by atoms with Crippen molar-refractivity contribution < 1.29 is 16.8 Å². The van der Waals surface area contributed by atoms with Crippen molar-refractivity contribution in [1.82, 2.24) is 8.96 Å². The first kappa shape index (κ1) is 23.6. The molecule has 0 fully saturated rings. The Morgan fingerprint density at radius 1 is 0.818 bits per heavy atom. The van der Waals surface area contributed by atoms with Crippen molar-refractivity contribution in [3.05, 3.63) is 81.6 Å². The lowest BCUT2D eigenvalue weighted by Gasteiger charge is -2.13. The number of aromatic nitrogens is 2. The van der Waals surface area contributed by atoms with Crippen LogP contribution < -0.4 is 4.72 Å². The zero-order valence-electron chi connectivity index (χ0n) is 17.8. The predicted octanol–water partition coefficient (Wildman–Crippen LogP) is 5.31. The zero-order chi connectivity index (χ0) is 24.1. The van der Waals surface area contributed by atoms with E-state index in [0.29, 0.717) is 32.2 Å². The molecule has 1 N–H and O–H groups in total. The van der Waals surface area contributed by atoms with Crippen molar-refractivity contribution in [3.63, 3.8) is 0 Å². The van der Waals surface area contributed by atoms with E-state index in [0.717, 1.165) is 3.97 Å². The van der Waals surface area contributed by atoms with Gasteiger partial charge in [0.25, 0.3) is 20.0 Å². The van der Waals surface area contributed by atoms with Crippen LogP contribution in [0.5, 0.6) is 0 Å². The molecule has 0 radical (unpaired) electrons. The van der Waals surface area contributed by atoms with E-state index in [-0.39, 0.29) is 21.3 Å². The highest BCUT2D eigenvalue weighted by Crippen LogP contribution is 2.30. The Morgan fingerprint density at radius 2 is 1.39 bits per heavy atom. The summed E-state index contributed by atoms with van der Waals surface area (Å²) in [5.74, 6) is 0.232. The van der Waals surface area contributed by atoms with Crippen molar-refractivity contribution in [2.75, 3.05) is 4.72 Å². The Kier molecular flexibility index (Phi) is 5.94. The molecule has 0 saturated heterocycles. The Labute approximate surface area is 202 Å². The van der Waals surface area contributed by atoms with Crippen molar-refractivity contribution >= 4 is 60.0 Å². The summed E-state index contributed by atoms with van der Waals surface area (Å²) >= 11 is 12.2. The lowest BCUT2D eigenvalue weighted by molar-refractivity contribution is 0.586. The number of sulfonamides is 1. The molecule has 0 aliphatic rings. The maximum absolute atomic E-state index is 13.4. The number of hydrogen-bond acceptors (Lipinski definition) is 5. The molecule has 1 aromatic heterocycles. The summed E-state index contributed by atoms with van der Waals surface area (Å²) < 4.78 is 56.2. The molecule has 4 aromatic rings. The Balaban J connectivity index is 1.79. The molecule has 0 saturated carbocycles. The van der Waals surface area contributed by atoms with Gasteiger partial charge >= 0.3 is 0 Å². The van der Waals surface area contributed by atoms with Crippen molar-refractivity contribution in [2.45, 2.75) is 30.6 Å². The number of fused-ring (bicyclic) bond motifs is 1. The third kappa shape index (κ3) is 4.10. The number of benzene rings is 3. The van der Waals surface area contributed by atoms with E-state index in [9.17, 15) is 16.8 Å². The first-order chi connectivity index (χ1) is 15.4. The predicted molar refractivity (Wildman–Crippen MR) is 130 cm³/mol. The van der Waals surface area contributed by atoms with Crippen LogP contribution in [0.15, 0.2) is 64.4 Å². The molecular formula is C22H19Cl2N3O4S2. The van der Waals surface area contributed by atoms with Crippen LogP contribution in [0, 0.1) is 20.8 Å². The van der Waals surface area contributed by atoms with E-state index >= 15 is 0 Å². The van der Waals surface area contributed by atoms with Crippen LogP contribution in [0.4, 0.5) is 5.69 Å². The van der Waals surface area contributed by atoms with E-state index in [4.69, 9.17) is 23.2 Å². The Morgan fingerprint density at radius 3 is 2.03 bits per heavy atom. The van der Waals surface area contributed by atoms with Gasteiger partial charge in [-0.05, 0) is 74.4 Å². The van der Waals surface area contributed by atoms with Crippen molar-refractivity contribution in [3.8, 4) is 0 Å². The highest BCUT2D eigenvalue weighted by atomic mass is 35.5. The van der Waals surface area contributed by atoms with Gasteiger partial charge in [0.05, 0.1) is 26.5 Å². The number of anilines is 1. The average Bonchev–Trinajstić information content (AvgIpc) is 3.07. The lowest BCUT2D eigenvalue weighted by Crippen LogP contribution is -2.16. The third-order valence-electron chi connectivity index (χ3n) is 5.27. The van der Waals surface area contributed by atoms with Gasteiger partial charge in [-0.25, -0.2) is 25.8 Å². The summed E-state index contributed by atoms with van der Waals surface area (Å²) in [6, 6.07) is 13.8. The molecule has 4 rings (SSSR count). The third-order valence-corrected chi connectivity index (χ3v) is 9.55. The topological polar surface area (TPSA) is 98.1 Å². The average molecular weight is 524 g/mol. The largest absolute Gasteiger partial charge is 0.280 e. The van der Waals surface area contributed by atoms with Crippen LogP contribution in [0.2, 0.25) is 10.0 Å².